The van der Waals surface area contributed by atoms with Gasteiger partial charge in [0.2, 0.25) is 5.82 Å². The quantitative estimate of drug-likeness (QED) is 0.529. The predicted octanol–water partition coefficient (Wildman–Crippen LogP) is 4.63. The highest BCUT2D eigenvalue weighted by atomic mass is 16.6. The summed E-state index contributed by atoms with van der Waals surface area (Å²) in [6.07, 6.45) is 4.30. The van der Waals surface area contributed by atoms with Crippen LogP contribution in [0.25, 0.3) is 22.4 Å². The Hall–Kier alpha value is -3.67. The number of fused-ring (bicyclic) bond motifs is 1. The molecule has 0 atom stereocenters. The molecule has 0 bridgehead atoms. The highest BCUT2D eigenvalue weighted by Gasteiger charge is 2.26. The Morgan fingerprint density at radius 1 is 1.23 bits per heavy atom. The molecule has 0 unspecified atom stereocenters. The van der Waals surface area contributed by atoms with Crippen molar-refractivity contribution in [3.8, 4) is 23.1 Å². The molecule has 0 saturated carbocycles. The summed E-state index contributed by atoms with van der Waals surface area (Å²) < 4.78 is 13.4. The van der Waals surface area contributed by atoms with Crippen molar-refractivity contribution in [2.75, 3.05) is 19.7 Å². The molecular weight excluding hydrogens is 444 g/mol. The summed E-state index contributed by atoms with van der Waals surface area (Å²) >= 11 is 0. The summed E-state index contributed by atoms with van der Waals surface area (Å²) in [6, 6.07) is 7.93. The fourth-order valence-corrected chi connectivity index (χ4v) is 4.28. The van der Waals surface area contributed by atoms with Crippen LogP contribution in [0.5, 0.6) is 5.75 Å². The largest absolute Gasteiger partial charge is 0.493 e. The Kier molecular flexibility index (Phi) is 6.92. The fourth-order valence-electron chi connectivity index (χ4n) is 4.28. The molecule has 9 nitrogen and oxygen atoms in total. The van der Waals surface area contributed by atoms with Crippen LogP contribution in [-0.4, -0.2) is 55.8 Å². The van der Waals surface area contributed by atoms with Crippen LogP contribution in [0, 0.1) is 24.2 Å². The maximum absolute atomic E-state index is 12.2. The molecule has 3 aromatic rings. The Labute approximate surface area is 205 Å². The third-order valence-electron chi connectivity index (χ3n) is 6.16. The Bertz CT molecular complexity index is 1260. The Balaban J connectivity index is 1.35. The first-order valence-electron chi connectivity index (χ1n) is 12.0. The van der Waals surface area contributed by atoms with E-state index in [1.54, 1.807) is 15.8 Å². The standard InChI is InChI=1S/C26H32N6O3/c1-17-14-19(22-23-24(31(5)16-28-23)30-21(15-27)29-22)6-7-20(17)34-13-10-18-8-11-32(12-9-18)25(33)35-26(2,3)4/h6-7,14,16,18H,8-13H2,1-5H3. The molecule has 1 aliphatic heterocycles. The summed E-state index contributed by atoms with van der Waals surface area (Å²) in [6.45, 7) is 9.73. The SMILES string of the molecule is Cc1cc(-c2nc(C#N)nc3c2ncn3C)ccc1OCCC1CCN(C(=O)OC(C)(C)C)CC1. The molecule has 1 aliphatic rings. The Morgan fingerprint density at radius 3 is 2.63 bits per heavy atom. The molecular formula is C26H32N6O3. The number of hydrogen-bond acceptors (Lipinski definition) is 7. The lowest BCUT2D eigenvalue weighted by atomic mass is 9.94. The third-order valence-corrected chi connectivity index (χ3v) is 6.16. The topological polar surface area (TPSA) is 106 Å². The highest BCUT2D eigenvalue weighted by Crippen LogP contribution is 2.30. The minimum absolute atomic E-state index is 0.117. The number of aromatic nitrogens is 4. The van der Waals surface area contributed by atoms with Gasteiger partial charge in [-0.3, -0.25) is 0 Å². The monoisotopic (exact) mass is 476 g/mol. The number of carbonyl (C=O) groups excluding carboxylic acids is 1. The van der Waals surface area contributed by atoms with Crippen LogP contribution in [0.15, 0.2) is 24.5 Å². The van der Waals surface area contributed by atoms with E-state index in [2.05, 4.69) is 15.0 Å². The zero-order chi connectivity index (χ0) is 25.2. The summed E-state index contributed by atoms with van der Waals surface area (Å²) in [5.41, 5.74) is 3.32. The number of likely N-dealkylation sites (tertiary alicyclic amines) is 1. The van der Waals surface area contributed by atoms with E-state index in [0.29, 0.717) is 29.4 Å². The van der Waals surface area contributed by atoms with Crippen LogP contribution in [-0.2, 0) is 11.8 Å². The van der Waals surface area contributed by atoms with Gasteiger partial charge in [0.1, 0.15) is 28.6 Å². The number of hydrogen-bond donors (Lipinski definition) is 0. The van der Waals surface area contributed by atoms with Crippen molar-refractivity contribution in [1.82, 2.24) is 24.4 Å². The van der Waals surface area contributed by atoms with Crippen molar-refractivity contribution in [3.05, 3.63) is 35.9 Å². The number of nitriles is 1. The van der Waals surface area contributed by atoms with Gasteiger partial charge in [-0.1, -0.05) is 0 Å². The summed E-state index contributed by atoms with van der Waals surface area (Å²) in [5.74, 6) is 1.47. The molecule has 2 aromatic heterocycles. The van der Waals surface area contributed by atoms with E-state index >= 15 is 0 Å². The maximum atomic E-state index is 12.2. The molecule has 0 N–H and O–H groups in total. The first kappa shape index (κ1) is 24.5. The molecule has 3 heterocycles. The number of ether oxygens (including phenoxy) is 2. The molecule has 1 fully saturated rings. The van der Waals surface area contributed by atoms with Gasteiger partial charge in [0.25, 0.3) is 0 Å². The molecule has 184 valence electrons. The Morgan fingerprint density at radius 2 is 1.97 bits per heavy atom. The third kappa shape index (κ3) is 5.70. The summed E-state index contributed by atoms with van der Waals surface area (Å²) in [4.78, 5) is 27.1. The number of imidazole rings is 1. The second-order valence-electron chi connectivity index (χ2n) is 10.1. The van der Waals surface area contributed by atoms with Crippen LogP contribution < -0.4 is 4.74 Å². The second kappa shape index (κ2) is 9.90. The minimum Gasteiger partial charge on any atom is -0.493 e. The smallest absolute Gasteiger partial charge is 0.410 e. The molecule has 0 aliphatic carbocycles. The van der Waals surface area contributed by atoms with Crippen molar-refractivity contribution in [3.63, 3.8) is 0 Å². The van der Waals surface area contributed by atoms with E-state index in [4.69, 9.17) is 9.47 Å². The number of rotatable bonds is 5. The molecule has 0 spiro atoms. The van der Waals surface area contributed by atoms with Gasteiger partial charge in [0.15, 0.2) is 5.65 Å². The lowest BCUT2D eigenvalue weighted by Gasteiger charge is -2.33. The summed E-state index contributed by atoms with van der Waals surface area (Å²) in [5, 5.41) is 9.34. The molecule has 35 heavy (non-hydrogen) atoms. The molecule has 1 saturated heterocycles. The van der Waals surface area contributed by atoms with Gasteiger partial charge in [0.05, 0.1) is 12.9 Å². The van der Waals surface area contributed by atoms with Crippen molar-refractivity contribution in [2.24, 2.45) is 13.0 Å². The van der Waals surface area contributed by atoms with Crippen molar-refractivity contribution in [2.45, 2.75) is 52.6 Å². The van der Waals surface area contributed by atoms with E-state index in [-0.39, 0.29) is 11.9 Å². The van der Waals surface area contributed by atoms with Gasteiger partial charge in [0, 0.05) is 25.7 Å². The highest BCUT2D eigenvalue weighted by molar-refractivity contribution is 5.87. The van der Waals surface area contributed by atoms with E-state index in [0.717, 1.165) is 49.2 Å². The number of carbonyl (C=O) groups is 1. The molecule has 9 heteroatoms. The minimum atomic E-state index is -0.468. The number of benzene rings is 1. The van der Waals surface area contributed by atoms with Gasteiger partial charge in [-0.15, -0.1) is 0 Å². The van der Waals surface area contributed by atoms with E-state index in [1.165, 1.54) is 0 Å². The van der Waals surface area contributed by atoms with Crippen LogP contribution in [0.4, 0.5) is 4.79 Å². The average Bonchev–Trinajstić information content (AvgIpc) is 3.19. The van der Waals surface area contributed by atoms with Crippen molar-refractivity contribution >= 4 is 17.3 Å². The van der Waals surface area contributed by atoms with Crippen LogP contribution in [0.1, 0.15) is 51.4 Å². The van der Waals surface area contributed by atoms with Crippen LogP contribution in [0.3, 0.4) is 0 Å². The number of nitrogens with zero attached hydrogens (tertiary/aromatic N) is 6. The van der Waals surface area contributed by atoms with Gasteiger partial charge in [-0.25, -0.2) is 14.8 Å². The predicted molar refractivity (Wildman–Crippen MR) is 132 cm³/mol. The second-order valence-corrected chi connectivity index (χ2v) is 10.1. The summed E-state index contributed by atoms with van der Waals surface area (Å²) in [7, 11) is 1.84. The number of aryl methyl sites for hydroxylation is 2. The lowest BCUT2D eigenvalue weighted by molar-refractivity contribution is 0.0177. The van der Waals surface area contributed by atoms with Gasteiger partial charge in [-0.2, -0.15) is 10.2 Å². The average molecular weight is 477 g/mol. The number of amides is 1. The van der Waals surface area contributed by atoms with Gasteiger partial charge >= 0.3 is 6.09 Å². The zero-order valence-corrected chi connectivity index (χ0v) is 21.0. The molecule has 1 amide bonds. The van der Waals surface area contributed by atoms with E-state index in [9.17, 15) is 10.1 Å². The zero-order valence-electron chi connectivity index (χ0n) is 21.0. The molecule has 0 radical (unpaired) electrons. The van der Waals surface area contributed by atoms with Crippen molar-refractivity contribution < 1.29 is 14.3 Å². The van der Waals surface area contributed by atoms with Crippen molar-refractivity contribution in [1.29, 1.82) is 5.26 Å². The first-order valence-corrected chi connectivity index (χ1v) is 12.0. The maximum Gasteiger partial charge on any atom is 0.410 e. The van der Waals surface area contributed by atoms with E-state index in [1.807, 2.05) is 59.0 Å². The fraction of sp³-hybridized carbons (Fsp3) is 0.500. The first-order chi connectivity index (χ1) is 16.6. The van der Waals surface area contributed by atoms with Gasteiger partial charge < -0.3 is 18.9 Å². The van der Waals surface area contributed by atoms with Crippen LogP contribution in [0.2, 0.25) is 0 Å². The van der Waals surface area contributed by atoms with Gasteiger partial charge in [-0.05, 0) is 76.6 Å². The molecule has 1 aromatic carbocycles. The van der Waals surface area contributed by atoms with E-state index < -0.39 is 5.60 Å². The lowest BCUT2D eigenvalue weighted by Crippen LogP contribution is -2.41. The number of piperidine rings is 1. The molecule has 4 rings (SSSR count). The van der Waals surface area contributed by atoms with Crippen LogP contribution >= 0.6 is 0 Å². The normalized spacial score (nSPS) is 14.7.